The van der Waals surface area contributed by atoms with Crippen LogP contribution in [0.2, 0.25) is 5.02 Å². The Balaban J connectivity index is 1.55. The zero-order valence-corrected chi connectivity index (χ0v) is 20.7. The van der Waals surface area contributed by atoms with Crippen LogP contribution in [0.3, 0.4) is 0 Å². The van der Waals surface area contributed by atoms with Crippen molar-refractivity contribution in [2.24, 2.45) is 5.92 Å². The highest BCUT2D eigenvalue weighted by molar-refractivity contribution is 7.90. The van der Waals surface area contributed by atoms with Gasteiger partial charge < -0.3 is 20.4 Å². The number of ether oxygens (including phenoxy) is 1. The highest BCUT2D eigenvalue weighted by Crippen LogP contribution is 2.37. The molecule has 182 valence electrons. The molecule has 3 N–H and O–H groups in total. The van der Waals surface area contributed by atoms with Crippen molar-refractivity contribution in [3.8, 4) is 5.75 Å². The number of H-pyrrole nitrogens is 1. The van der Waals surface area contributed by atoms with E-state index < -0.39 is 9.84 Å². The number of fused-ring (bicyclic) bond motifs is 3. The summed E-state index contributed by atoms with van der Waals surface area (Å²) >= 11 is 6.14. The first-order chi connectivity index (χ1) is 16.2. The Labute approximate surface area is 203 Å². The van der Waals surface area contributed by atoms with Gasteiger partial charge in [-0.3, -0.25) is 4.79 Å². The van der Waals surface area contributed by atoms with Gasteiger partial charge in [0.1, 0.15) is 33.4 Å². The maximum absolute atomic E-state index is 12.8. The number of halogens is 1. The van der Waals surface area contributed by atoms with Crippen molar-refractivity contribution in [2.75, 3.05) is 30.5 Å². The molecular formula is C23H28ClN5O4S. The summed E-state index contributed by atoms with van der Waals surface area (Å²) in [5.74, 6) is 1.05. The molecule has 1 aliphatic carbocycles. The summed E-state index contributed by atoms with van der Waals surface area (Å²) in [5, 5.41) is 7.67. The van der Waals surface area contributed by atoms with Crippen LogP contribution in [0.1, 0.15) is 31.0 Å². The topological polar surface area (TPSA) is 126 Å². The van der Waals surface area contributed by atoms with Gasteiger partial charge in [0.05, 0.1) is 23.4 Å². The summed E-state index contributed by atoms with van der Waals surface area (Å²) < 4.78 is 28.3. The van der Waals surface area contributed by atoms with E-state index in [2.05, 4.69) is 25.6 Å². The molecule has 0 aliphatic heterocycles. The lowest BCUT2D eigenvalue weighted by Gasteiger charge is -2.22. The lowest BCUT2D eigenvalue weighted by Crippen LogP contribution is -2.35. The van der Waals surface area contributed by atoms with Crippen LogP contribution >= 0.6 is 11.6 Å². The Morgan fingerprint density at radius 3 is 2.91 bits per heavy atom. The maximum Gasteiger partial charge on any atom is 0.223 e. The van der Waals surface area contributed by atoms with Gasteiger partial charge in [-0.15, -0.1) is 0 Å². The third-order valence-corrected chi connectivity index (χ3v) is 7.10. The molecule has 34 heavy (non-hydrogen) atoms. The highest BCUT2D eigenvalue weighted by Gasteiger charge is 2.29. The van der Waals surface area contributed by atoms with E-state index in [4.69, 9.17) is 16.3 Å². The molecule has 1 aromatic carbocycles. The first kappa shape index (κ1) is 24.3. The van der Waals surface area contributed by atoms with Crippen molar-refractivity contribution in [1.29, 1.82) is 0 Å². The molecule has 0 bridgehead atoms. The summed E-state index contributed by atoms with van der Waals surface area (Å²) in [4.78, 5) is 25.0. The number of aromatic nitrogens is 3. The number of nitrogens with zero attached hydrogens (tertiary/aromatic N) is 2. The lowest BCUT2D eigenvalue weighted by atomic mass is 9.86. The molecule has 0 saturated carbocycles. The number of benzene rings is 1. The zero-order chi connectivity index (χ0) is 24.3. The minimum atomic E-state index is -3.04. The van der Waals surface area contributed by atoms with Crippen molar-refractivity contribution in [2.45, 2.75) is 32.6 Å². The summed E-state index contributed by atoms with van der Waals surface area (Å²) in [6.07, 6.45) is 5.07. The number of sulfone groups is 1. The molecule has 11 heteroatoms. The van der Waals surface area contributed by atoms with E-state index in [1.165, 1.54) is 12.6 Å². The summed E-state index contributed by atoms with van der Waals surface area (Å²) in [6.45, 7) is 2.74. The normalized spacial score (nSPS) is 15.7. The number of aromatic amines is 1. The van der Waals surface area contributed by atoms with Gasteiger partial charge in [-0.05, 0) is 50.3 Å². The van der Waals surface area contributed by atoms with Crippen molar-refractivity contribution < 1.29 is 17.9 Å². The number of anilines is 2. The molecule has 0 unspecified atom stereocenters. The Morgan fingerprint density at radius 1 is 1.32 bits per heavy atom. The molecule has 1 atom stereocenters. The lowest BCUT2D eigenvalue weighted by molar-refractivity contribution is -0.125. The van der Waals surface area contributed by atoms with E-state index in [0.29, 0.717) is 54.7 Å². The second-order valence-corrected chi connectivity index (χ2v) is 11.1. The molecule has 1 amide bonds. The Morgan fingerprint density at radius 2 is 2.15 bits per heavy atom. The van der Waals surface area contributed by atoms with Crippen LogP contribution in [-0.2, 0) is 27.5 Å². The molecule has 9 nitrogen and oxygen atoms in total. The van der Waals surface area contributed by atoms with Gasteiger partial charge in [0.2, 0.25) is 5.91 Å². The number of hydrogen-bond donors (Lipinski definition) is 3. The first-order valence-corrected chi connectivity index (χ1v) is 13.7. The van der Waals surface area contributed by atoms with E-state index in [9.17, 15) is 13.2 Å². The minimum Gasteiger partial charge on any atom is -0.492 e. The molecule has 2 aromatic heterocycles. The third-order valence-electron chi connectivity index (χ3n) is 5.83. The second kappa shape index (κ2) is 10.2. The predicted octanol–water partition coefficient (Wildman–Crippen LogP) is 3.41. The molecule has 0 radical (unpaired) electrons. The quantitative estimate of drug-likeness (QED) is 0.380. The number of carbonyl (C=O) groups is 1. The van der Waals surface area contributed by atoms with Gasteiger partial charge in [-0.1, -0.05) is 11.6 Å². The van der Waals surface area contributed by atoms with Gasteiger partial charge in [0, 0.05) is 35.5 Å². The Kier molecular flexibility index (Phi) is 7.27. The predicted molar refractivity (Wildman–Crippen MR) is 133 cm³/mol. The molecule has 4 rings (SSSR count). The van der Waals surface area contributed by atoms with E-state index in [1.54, 1.807) is 12.1 Å². The van der Waals surface area contributed by atoms with E-state index >= 15 is 0 Å². The average molecular weight is 506 g/mol. The number of aryl methyl sites for hydroxylation is 1. The number of rotatable bonds is 9. The molecule has 3 aromatic rings. The monoisotopic (exact) mass is 505 g/mol. The summed E-state index contributed by atoms with van der Waals surface area (Å²) in [6, 6.07) is 5.37. The Hall–Kier alpha value is -2.85. The largest absolute Gasteiger partial charge is 0.492 e. The Bertz CT molecular complexity index is 1310. The highest BCUT2D eigenvalue weighted by atomic mass is 35.5. The summed E-state index contributed by atoms with van der Waals surface area (Å²) in [7, 11) is -3.04. The average Bonchev–Trinajstić information content (AvgIpc) is 3.16. The van der Waals surface area contributed by atoms with E-state index in [0.717, 1.165) is 28.8 Å². The van der Waals surface area contributed by atoms with Crippen LogP contribution in [0.25, 0.3) is 11.0 Å². The number of carbonyl (C=O) groups excluding carboxylic acids is 1. The maximum atomic E-state index is 12.8. The van der Waals surface area contributed by atoms with Crippen molar-refractivity contribution in [3.05, 3.63) is 40.8 Å². The van der Waals surface area contributed by atoms with Gasteiger partial charge >= 0.3 is 0 Å². The first-order valence-electron chi connectivity index (χ1n) is 11.2. The van der Waals surface area contributed by atoms with Crippen LogP contribution < -0.4 is 15.4 Å². The SMILES string of the molecule is CCOc1cc(Cl)ccc1Nc1ncnc2[nH]c3c(c12)C[C@@H](C(=O)NCCCS(C)(=O)=O)CC3. The molecule has 1 aliphatic rings. The van der Waals surface area contributed by atoms with E-state index in [1.807, 2.05) is 13.0 Å². The zero-order valence-electron chi connectivity index (χ0n) is 19.2. The third kappa shape index (κ3) is 5.61. The molecule has 2 heterocycles. The molecule has 0 fully saturated rings. The van der Waals surface area contributed by atoms with Crippen LogP contribution in [0.5, 0.6) is 5.75 Å². The fourth-order valence-corrected chi connectivity index (χ4v) is 5.08. The van der Waals surface area contributed by atoms with Crippen molar-refractivity contribution in [1.82, 2.24) is 20.3 Å². The van der Waals surface area contributed by atoms with Gasteiger partial charge in [0.15, 0.2) is 0 Å². The number of amides is 1. The fraction of sp³-hybridized carbons (Fsp3) is 0.435. The number of nitrogens with one attached hydrogen (secondary N) is 3. The van der Waals surface area contributed by atoms with E-state index in [-0.39, 0.29) is 17.6 Å². The fourth-order valence-electron chi connectivity index (χ4n) is 4.25. The smallest absolute Gasteiger partial charge is 0.223 e. The standard InChI is InChI=1S/C23H28ClN5O4S/c1-3-33-19-12-15(24)6-8-18(19)29-22-20-16-11-14(23(30)25-9-4-10-34(2,31)32)5-7-17(16)28-21(20)26-13-27-22/h6,8,12-14H,3-5,7,9-11H2,1-2H3,(H,25,30)(H2,26,27,28,29)/t14-/m0/s1. The van der Waals surface area contributed by atoms with Gasteiger partial charge in [0.25, 0.3) is 0 Å². The van der Waals surface area contributed by atoms with Crippen LogP contribution in [0, 0.1) is 5.92 Å². The molecule has 0 spiro atoms. The minimum absolute atomic E-state index is 0.0591. The van der Waals surface area contributed by atoms with Crippen LogP contribution in [-0.4, -0.2) is 54.4 Å². The molecular weight excluding hydrogens is 478 g/mol. The van der Waals surface area contributed by atoms with Crippen molar-refractivity contribution >= 4 is 49.9 Å². The van der Waals surface area contributed by atoms with Crippen LogP contribution in [0.15, 0.2) is 24.5 Å². The van der Waals surface area contributed by atoms with Gasteiger partial charge in [-0.2, -0.15) is 0 Å². The summed E-state index contributed by atoms with van der Waals surface area (Å²) in [5.41, 5.74) is 3.52. The van der Waals surface area contributed by atoms with Crippen LogP contribution in [0.4, 0.5) is 11.5 Å². The van der Waals surface area contributed by atoms with Crippen molar-refractivity contribution in [3.63, 3.8) is 0 Å². The molecule has 0 saturated heterocycles. The second-order valence-electron chi connectivity index (χ2n) is 8.44. The van der Waals surface area contributed by atoms with Gasteiger partial charge in [-0.25, -0.2) is 18.4 Å². The number of hydrogen-bond acceptors (Lipinski definition) is 7.